The first-order valence-corrected chi connectivity index (χ1v) is 12.6. The van der Waals surface area contributed by atoms with Crippen LogP contribution in [-0.2, 0) is 9.53 Å². The molecule has 1 heterocycles. The molecular weight excluding hydrogens is 488 g/mol. The Balaban J connectivity index is 1.77. The number of esters is 1. The summed E-state index contributed by atoms with van der Waals surface area (Å²) in [7, 11) is 0. The predicted octanol–water partition coefficient (Wildman–Crippen LogP) is 7.11. The lowest BCUT2D eigenvalue weighted by atomic mass is 9.93. The van der Waals surface area contributed by atoms with Crippen LogP contribution in [0, 0.1) is 10.1 Å². The summed E-state index contributed by atoms with van der Waals surface area (Å²) < 4.78 is 8.05. The fraction of sp³-hybridized carbons (Fsp3) is 0.0909. The molecule has 0 saturated carbocycles. The number of pyridine rings is 1. The number of hydrogen-bond donors (Lipinski definition) is 0. The van der Waals surface area contributed by atoms with Crippen molar-refractivity contribution in [2.24, 2.45) is 0 Å². The minimum atomic E-state index is -0.833. The van der Waals surface area contributed by atoms with E-state index < -0.39 is 23.0 Å². The maximum Gasteiger partial charge on any atom is 0.303 e. The molecule has 6 nitrogen and oxygen atoms in total. The van der Waals surface area contributed by atoms with Crippen molar-refractivity contribution in [1.29, 1.82) is 0 Å². The maximum atomic E-state index is 12.4. The lowest BCUT2D eigenvalue weighted by molar-refractivity contribution is -0.711. The number of carbonyl (C=O) groups is 1. The zero-order valence-electron chi connectivity index (χ0n) is 21.4. The van der Waals surface area contributed by atoms with Crippen LogP contribution in [-0.4, -0.2) is 10.9 Å². The Bertz CT molecular complexity index is 1590. The molecule has 0 spiro atoms. The molecule has 0 saturated heterocycles. The fourth-order valence-corrected chi connectivity index (χ4v) is 4.85. The van der Waals surface area contributed by atoms with Gasteiger partial charge in [0.05, 0.1) is 4.92 Å². The van der Waals surface area contributed by atoms with E-state index in [0.29, 0.717) is 5.56 Å². The van der Waals surface area contributed by atoms with Gasteiger partial charge in [-0.25, -0.2) is 0 Å². The molecule has 5 aromatic rings. The van der Waals surface area contributed by atoms with Crippen molar-refractivity contribution in [3.63, 3.8) is 0 Å². The second-order valence-electron chi connectivity index (χ2n) is 9.18. The van der Waals surface area contributed by atoms with Gasteiger partial charge in [0.1, 0.15) is 0 Å². The van der Waals surface area contributed by atoms with E-state index in [9.17, 15) is 14.9 Å². The number of non-ortho nitro benzene ring substituents is 1. The summed E-state index contributed by atoms with van der Waals surface area (Å²) in [5.74, 6) is -0.477. The highest BCUT2D eigenvalue weighted by atomic mass is 16.6. The average Bonchev–Trinajstić information content (AvgIpc) is 2.98. The van der Waals surface area contributed by atoms with Gasteiger partial charge in [-0.2, -0.15) is 4.57 Å². The fourth-order valence-electron chi connectivity index (χ4n) is 4.85. The van der Waals surface area contributed by atoms with Gasteiger partial charge in [0, 0.05) is 47.9 Å². The third-order valence-electron chi connectivity index (χ3n) is 6.59. The number of nitro benzene ring substituents is 1. The monoisotopic (exact) mass is 515 g/mol. The highest BCUT2D eigenvalue weighted by molar-refractivity contribution is 5.69. The quantitative estimate of drug-likeness (QED) is 0.0955. The lowest BCUT2D eigenvalue weighted by Crippen LogP contribution is -2.46. The number of rotatable bonds is 8. The zero-order valence-corrected chi connectivity index (χ0v) is 21.4. The number of hydrogen-bond acceptors (Lipinski definition) is 4. The van der Waals surface area contributed by atoms with Crippen molar-refractivity contribution in [3.05, 3.63) is 155 Å². The minimum absolute atomic E-state index is 0.0656. The molecule has 6 heteroatoms. The largest absolute Gasteiger partial charge is 0.450 e. The van der Waals surface area contributed by atoms with Gasteiger partial charge in [0.2, 0.25) is 11.7 Å². The third-order valence-corrected chi connectivity index (χ3v) is 6.59. The predicted molar refractivity (Wildman–Crippen MR) is 150 cm³/mol. The smallest absolute Gasteiger partial charge is 0.303 e. The molecular formula is C33H27N2O4+. The number of benzene rings is 4. The normalized spacial score (nSPS) is 12.3. The average molecular weight is 516 g/mol. The Labute approximate surface area is 226 Å². The van der Waals surface area contributed by atoms with Gasteiger partial charge >= 0.3 is 5.97 Å². The Morgan fingerprint density at radius 1 is 0.718 bits per heavy atom. The molecule has 0 N–H and O–H groups in total. The molecule has 1 aromatic heterocycles. The van der Waals surface area contributed by atoms with Gasteiger partial charge in [-0.3, -0.25) is 14.9 Å². The highest BCUT2D eigenvalue weighted by Crippen LogP contribution is 2.36. The van der Waals surface area contributed by atoms with Crippen molar-refractivity contribution in [1.82, 2.24) is 0 Å². The molecule has 0 radical (unpaired) electrons. The first-order chi connectivity index (χ1) is 19.0. The number of carbonyl (C=O) groups excluding carboxylic acids is 1. The third kappa shape index (κ3) is 5.75. The molecule has 2 atom stereocenters. The van der Waals surface area contributed by atoms with Crippen molar-refractivity contribution in [3.8, 4) is 22.4 Å². The standard InChI is InChI=1S/C33H27N2O4/c1-24(36)39-33(29-18-11-19-30(22-29)35(37)38)32(27-16-9-4-10-17-27)34-21-20-28(25-12-5-2-6-13-25)23-31(34)26-14-7-3-8-15-26/h2-23,32-33H,1H3/q+1/t32-,33-/m1/s1. The first-order valence-electron chi connectivity index (χ1n) is 12.6. The van der Waals surface area contributed by atoms with E-state index in [1.54, 1.807) is 12.1 Å². The molecule has 0 bridgehead atoms. The molecule has 39 heavy (non-hydrogen) atoms. The lowest BCUT2D eigenvalue weighted by Gasteiger charge is -2.25. The van der Waals surface area contributed by atoms with Gasteiger partial charge in [-0.1, -0.05) is 91.0 Å². The van der Waals surface area contributed by atoms with E-state index in [1.807, 2.05) is 91.1 Å². The van der Waals surface area contributed by atoms with E-state index in [-0.39, 0.29) is 5.69 Å². The Hall–Kier alpha value is -5.10. The van der Waals surface area contributed by atoms with Crippen LogP contribution in [0.15, 0.2) is 134 Å². The van der Waals surface area contributed by atoms with E-state index in [0.717, 1.165) is 27.9 Å². The number of nitro groups is 1. The minimum Gasteiger partial charge on any atom is -0.450 e. The first kappa shape index (κ1) is 25.5. The van der Waals surface area contributed by atoms with Crippen LogP contribution < -0.4 is 4.57 Å². The van der Waals surface area contributed by atoms with Gasteiger partial charge < -0.3 is 4.74 Å². The van der Waals surface area contributed by atoms with Crippen molar-refractivity contribution in [2.45, 2.75) is 19.1 Å². The van der Waals surface area contributed by atoms with Gasteiger partial charge in [0.15, 0.2) is 12.3 Å². The number of ether oxygens (including phenoxy) is 1. The summed E-state index contributed by atoms with van der Waals surface area (Å²) >= 11 is 0. The number of nitrogens with zero attached hydrogens (tertiary/aromatic N) is 2. The van der Waals surface area contributed by atoms with Crippen LogP contribution in [0.1, 0.15) is 30.2 Å². The maximum absolute atomic E-state index is 12.4. The summed E-state index contributed by atoms with van der Waals surface area (Å²) in [5, 5.41) is 11.6. The summed E-state index contributed by atoms with van der Waals surface area (Å²) in [6.45, 7) is 1.35. The van der Waals surface area contributed by atoms with E-state index in [1.165, 1.54) is 19.1 Å². The van der Waals surface area contributed by atoms with E-state index >= 15 is 0 Å². The molecule has 0 aliphatic heterocycles. The SMILES string of the molecule is CC(=O)O[C@H](c1cccc([N+](=O)[O-])c1)[C@@H](c1ccccc1)[n+]1ccc(-c2ccccc2)cc1-c1ccccc1. The van der Waals surface area contributed by atoms with Gasteiger partial charge in [-0.15, -0.1) is 0 Å². The van der Waals surface area contributed by atoms with Gasteiger partial charge in [-0.05, 0) is 23.3 Å². The Kier molecular flexibility index (Phi) is 7.55. The van der Waals surface area contributed by atoms with Gasteiger partial charge in [0.25, 0.3) is 5.69 Å². The van der Waals surface area contributed by atoms with Crippen LogP contribution in [0.2, 0.25) is 0 Å². The summed E-state index contributed by atoms with van der Waals surface area (Å²) in [6, 6.07) is 39.8. The van der Waals surface area contributed by atoms with Crippen LogP contribution in [0.25, 0.3) is 22.4 Å². The molecule has 4 aromatic carbocycles. The topological polar surface area (TPSA) is 73.3 Å². The second-order valence-corrected chi connectivity index (χ2v) is 9.18. The molecule has 0 aliphatic rings. The van der Waals surface area contributed by atoms with Crippen LogP contribution in [0.3, 0.4) is 0 Å². The molecule has 192 valence electrons. The van der Waals surface area contributed by atoms with Crippen LogP contribution in [0.5, 0.6) is 0 Å². The zero-order chi connectivity index (χ0) is 27.2. The molecule has 0 unspecified atom stereocenters. The van der Waals surface area contributed by atoms with Crippen LogP contribution >= 0.6 is 0 Å². The van der Waals surface area contributed by atoms with E-state index in [2.05, 4.69) is 22.8 Å². The van der Waals surface area contributed by atoms with Crippen LogP contribution in [0.4, 0.5) is 5.69 Å². The molecule has 0 fully saturated rings. The summed E-state index contributed by atoms with van der Waals surface area (Å²) in [5.41, 5.74) is 5.37. The Morgan fingerprint density at radius 2 is 1.31 bits per heavy atom. The second kappa shape index (κ2) is 11.5. The van der Waals surface area contributed by atoms with E-state index in [4.69, 9.17) is 4.74 Å². The summed E-state index contributed by atoms with van der Waals surface area (Å²) in [6.07, 6.45) is 1.16. The molecule has 0 aliphatic carbocycles. The molecule has 0 amide bonds. The Morgan fingerprint density at radius 3 is 1.92 bits per heavy atom. The molecule has 5 rings (SSSR count). The summed E-state index contributed by atoms with van der Waals surface area (Å²) in [4.78, 5) is 23.6. The number of aromatic nitrogens is 1. The van der Waals surface area contributed by atoms with Crippen molar-refractivity contribution in [2.75, 3.05) is 0 Å². The highest BCUT2D eigenvalue weighted by Gasteiger charge is 2.38. The van der Waals surface area contributed by atoms with Crippen molar-refractivity contribution >= 4 is 11.7 Å². The van der Waals surface area contributed by atoms with Crippen molar-refractivity contribution < 1.29 is 19.0 Å².